The summed E-state index contributed by atoms with van der Waals surface area (Å²) in [4.78, 5) is 15.5. The largest absolute Gasteiger partial charge is 0.313 e. The highest BCUT2D eigenvalue weighted by Gasteiger charge is 2.31. The van der Waals surface area contributed by atoms with Crippen LogP contribution in [0.1, 0.15) is 37.7 Å². The summed E-state index contributed by atoms with van der Waals surface area (Å²) < 4.78 is 0. The van der Waals surface area contributed by atoms with Gasteiger partial charge in [-0.2, -0.15) is 0 Å². The van der Waals surface area contributed by atoms with Gasteiger partial charge in [0, 0.05) is 24.9 Å². The fourth-order valence-corrected chi connectivity index (χ4v) is 4.22. The van der Waals surface area contributed by atoms with Crippen LogP contribution in [0.15, 0.2) is 18.2 Å². The van der Waals surface area contributed by atoms with Crippen molar-refractivity contribution in [2.75, 3.05) is 26.2 Å². The Morgan fingerprint density at radius 1 is 1.17 bits per heavy atom. The molecule has 2 aliphatic rings. The van der Waals surface area contributed by atoms with E-state index < -0.39 is 0 Å². The lowest BCUT2D eigenvalue weighted by Crippen LogP contribution is -2.48. The van der Waals surface area contributed by atoms with Crippen molar-refractivity contribution in [3.63, 3.8) is 0 Å². The first-order valence-corrected chi connectivity index (χ1v) is 9.81. The third-order valence-electron chi connectivity index (χ3n) is 5.26. The molecule has 0 spiro atoms. The van der Waals surface area contributed by atoms with Crippen LogP contribution >= 0.6 is 23.2 Å². The van der Waals surface area contributed by atoms with Crippen LogP contribution in [0.4, 0.5) is 0 Å². The summed E-state index contributed by atoms with van der Waals surface area (Å²) in [5, 5.41) is 4.65. The number of rotatable bonds is 6. The van der Waals surface area contributed by atoms with Gasteiger partial charge in [-0.1, -0.05) is 35.7 Å². The van der Waals surface area contributed by atoms with Crippen molar-refractivity contribution in [1.29, 1.82) is 0 Å². The molecule has 2 aliphatic heterocycles. The second kappa shape index (κ2) is 8.66. The summed E-state index contributed by atoms with van der Waals surface area (Å²) in [7, 11) is 0. The standard InChI is InChI=1S/C19H26Cl2N2O/c20-16-7-6-14(11-17(16)21)12-19(24)15(13-23-9-3-4-10-23)18-5-1-2-8-22-18/h6-7,11,15,18,22H,1-5,8-10,12-13H2. The second-order valence-corrected chi connectivity index (χ2v) is 7.88. The molecule has 5 heteroatoms. The highest BCUT2D eigenvalue weighted by atomic mass is 35.5. The predicted octanol–water partition coefficient (Wildman–Crippen LogP) is 3.96. The van der Waals surface area contributed by atoms with E-state index in [-0.39, 0.29) is 5.92 Å². The Labute approximate surface area is 154 Å². The molecule has 2 heterocycles. The van der Waals surface area contributed by atoms with Gasteiger partial charge in [0.1, 0.15) is 5.78 Å². The lowest BCUT2D eigenvalue weighted by atomic mass is 9.86. The lowest BCUT2D eigenvalue weighted by Gasteiger charge is -2.33. The number of hydrogen-bond acceptors (Lipinski definition) is 3. The minimum Gasteiger partial charge on any atom is -0.313 e. The molecule has 0 aliphatic carbocycles. The van der Waals surface area contributed by atoms with Crippen LogP contribution in [-0.4, -0.2) is 42.9 Å². The Morgan fingerprint density at radius 2 is 1.96 bits per heavy atom. The summed E-state index contributed by atoms with van der Waals surface area (Å²) in [5.41, 5.74) is 0.955. The number of halogens is 2. The molecule has 0 bridgehead atoms. The zero-order valence-corrected chi connectivity index (χ0v) is 15.6. The molecular formula is C19H26Cl2N2O. The number of carbonyl (C=O) groups is 1. The van der Waals surface area contributed by atoms with Gasteiger partial charge in [0.05, 0.1) is 10.0 Å². The maximum atomic E-state index is 13.1. The van der Waals surface area contributed by atoms with Gasteiger partial charge < -0.3 is 10.2 Å². The molecule has 0 saturated carbocycles. The van der Waals surface area contributed by atoms with E-state index in [4.69, 9.17) is 23.2 Å². The Kier molecular flexibility index (Phi) is 6.56. The zero-order chi connectivity index (χ0) is 16.9. The molecule has 2 fully saturated rings. The molecule has 132 valence electrons. The van der Waals surface area contributed by atoms with Gasteiger partial charge in [-0.05, 0) is 63.0 Å². The average Bonchev–Trinajstić information content (AvgIpc) is 3.10. The zero-order valence-electron chi connectivity index (χ0n) is 14.1. The monoisotopic (exact) mass is 368 g/mol. The summed E-state index contributed by atoms with van der Waals surface area (Å²) in [5.74, 6) is 0.387. The van der Waals surface area contributed by atoms with Gasteiger partial charge >= 0.3 is 0 Å². The number of likely N-dealkylation sites (tertiary alicyclic amines) is 1. The van der Waals surface area contributed by atoms with E-state index in [1.165, 1.54) is 25.7 Å². The normalized spacial score (nSPS) is 23.3. The highest BCUT2D eigenvalue weighted by molar-refractivity contribution is 6.42. The first-order chi connectivity index (χ1) is 11.6. The number of nitrogens with one attached hydrogen (secondary N) is 1. The van der Waals surface area contributed by atoms with Crippen molar-refractivity contribution in [2.45, 2.75) is 44.6 Å². The molecular weight excluding hydrogens is 343 g/mol. The summed E-state index contributed by atoms with van der Waals surface area (Å²) >= 11 is 12.1. The molecule has 2 unspecified atom stereocenters. The van der Waals surface area contributed by atoms with Crippen molar-refractivity contribution in [3.8, 4) is 0 Å². The summed E-state index contributed by atoms with van der Waals surface area (Å²) in [6.45, 7) is 4.17. The molecule has 0 aromatic heterocycles. The van der Waals surface area contributed by atoms with Crippen molar-refractivity contribution in [2.24, 2.45) is 5.92 Å². The van der Waals surface area contributed by atoms with Gasteiger partial charge in [-0.25, -0.2) is 0 Å². The number of benzene rings is 1. The van der Waals surface area contributed by atoms with Crippen LogP contribution in [0.2, 0.25) is 10.0 Å². The minimum absolute atomic E-state index is 0.0675. The topological polar surface area (TPSA) is 32.3 Å². The first kappa shape index (κ1) is 18.2. The minimum atomic E-state index is 0.0675. The Hall–Kier alpha value is -0.610. The molecule has 3 rings (SSSR count). The van der Waals surface area contributed by atoms with Gasteiger partial charge in [-0.3, -0.25) is 4.79 Å². The van der Waals surface area contributed by atoms with Crippen LogP contribution in [0.5, 0.6) is 0 Å². The van der Waals surface area contributed by atoms with E-state index in [0.29, 0.717) is 28.3 Å². The molecule has 2 atom stereocenters. The first-order valence-electron chi connectivity index (χ1n) is 9.06. The fraction of sp³-hybridized carbons (Fsp3) is 0.632. The number of Topliss-reactive ketones (excluding diaryl/α,β-unsaturated/α-hetero) is 1. The maximum absolute atomic E-state index is 13.1. The van der Waals surface area contributed by atoms with Gasteiger partial charge in [0.25, 0.3) is 0 Å². The molecule has 0 radical (unpaired) electrons. The van der Waals surface area contributed by atoms with E-state index in [2.05, 4.69) is 10.2 Å². The lowest BCUT2D eigenvalue weighted by molar-refractivity contribution is -0.124. The molecule has 0 amide bonds. The Morgan fingerprint density at radius 3 is 2.62 bits per heavy atom. The van der Waals surface area contributed by atoms with Gasteiger partial charge in [0.15, 0.2) is 0 Å². The number of piperidine rings is 1. The van der Waals surface area contributed by atoms with E-state index in [1.54, 1.807) is 6.07 Å². The molecule has 3 nitrogen and oxygen atoms in total. The van der Waals surface area contributed by atoms with E-state index >= 15 is 0 Å². The smallest absolute Gasteiger partial charge is 0.143 e. The van der Waals surface area contributed by atoms with Crippen molar-refractivity contribution in [3.05, 3.63) is 33.8 Å². The summed E-state index contributed by atoms with van der Waals surface area (Å²) in [6, 6.07) is 5.83. The molecule has 24 heavy (non-hydrogen) atoms. The quantitative estimate of drug-likeness (QED) is 0.824. The van der Waals surface area contributed by atoms with Gasteiger partial charge in [0.2, 0.25) is 0 Å². The van der Waals surface area contributed by atoms with Crippen LogP contribution in [0, 0.1) is 5.92 Å². The molecule has 1 aromatic carbocycles. The molecule has 2 saturated heterocycles. The van der Waals surface area contributed by atoms with Crippen molar-refractivity contribution < 1.29 is 4.79 Å². The molecule has 1 N–H and O–H groups in total. The van der Waals surface area contributed by atoms with Gasteiger partial charge in [-0.15, -0.1) is 0 Å². The van der Waals surface area contributed by atoms with E-state index in [1.807, 2.05) is 12.1 Å². The number of hydrogen-bond donors (Lipinski definition) is 1. The SMILES string of the molecule is O=C(Cc1ccc(Cl)c(Cl)c1)C(CN1CCCC1)C1CCCCN1. The van der Waals surface area contributed by atoms with Crippen LogP contribution < -0.4 is 5.32 Å². The fourth-order valence-electron chi connectivity index (χ4n) is 3.90. The van der Waals surface area contributed by atoms with Crippen LogP contribution in [0.25, 0.3) is 0 Å². The summed E-state index contributed by atoms with van der Waals surface area (Å²) in [6.07, 6.45) is 6.49. The predicted molar refractivity (Wildman–Crippen MR) is 100.0 cm³/mol. The third-order valence-corrected chi connectivity index (χ3v) is 6.00. The third kappa shape index (κ3) is 4.72. The van der Waals surface area contributed by atoms with Crippen molar-refractivity contribution >= 4 is 29.0 Å². The van der Waals surface area contributed by atoms with Crippen LogP contribution in [-0.2, 0) is 11.2 Å². The van der Waals surface area contributed by atoms with E-state index in [0.717, 1.165) is 38.2 Å². The van der Waals surface area contributed by atoms with Crippen LogP contribution in [0.3, 0.4) is 0 Å². The maximum Gasteiger partial charge on any atom is 0.143 e. The number of ketones is 1. The van der Waals surface area contributed by atoms with E-state index in [9.17, 15) is 4.79 Å². The second-order valence-electron chi connectivity index (χ2n) is 7.06. The Bertz CT molecular complexity index is 566. The Balaban J connectivity index is 1.69. The number of nitrogens with zero attached hydrogens (tertiary/aromatic N) is 1. The molecule has 1 aromatic rings. The highest BCUT2D eigenvalue weighted by Crippen LogP contribution is 2.25. The number of carbonyl (C=O) groups excluding carboxylic acids is 1. The van der Waals surface area contributed by atoms with Crippen molar-refractivity contribution in [1.82, 2.24) is 10.2 Å². The average molecular weight is 369 g/mol.